The van der Waals surface area contributed by atoms with Crippen molar-refractivity contribution in [1.82, 2.24) is 9.97 Å². The molecule has 1 rings (SSSR count). The molecule has 0 aromatic carbocycles. The van der Waals surface area contributed by atoms with Gasteiger partial charge in [-0.2, -0.15) is 0 Å². The molecule has 60 valence electrons. The quantitative estimate of drug-likeness (QED) is 0.604. The summed E-state index contributed by atoms with van der Waals surface area (Å²) < 4.78 is 0. The molecular weight excluding hydrogens is 142 g/mol. The highest BCUT2D eigenvalue weighted by molar-refractivity contribution is 4.90. The predicted molar refractivity (Wildman–Crippen MR) is 40.8 cm³/mol. The minimum atomic E-state index is -0.252. The summed E-state index contributed by atoms with van der Waals surface area (Å²) in [4.78, 5) is 7.93. The molecule has 0 fully saturated rings. The standard InChI is InChI=1S/C7H11N3O/c8-6(5-11)4-7-9-2-1-3-10-7/h1-3,6,11H,4-5,8H2/t6-/m1/s1. The van der Waals surface area contributed by atoms with Crippen LogP contribution in [0.3, 0.4) is 0 Å². The Kier molecular flexibility index (Phi) is 2.95. The van der Waals surface area contributed by atoms with Crippen molar-refractivity contribution in [3.8, 4) is 0 Å². The van der Waals surface area contributed by atoms with Crippen molar-refractivity contribution < 1.29 is 5.11 Å². The van der Waals surface area contributed by atoms with E-state index in [4.69, 9.17) is 10.8 Å². The second-order valence-electron chi connectivity index (χ2n) is 2.31. The van der Waals surface area contributed by atoms with Crippen LogP contribution in [0, 0.1) is 0 Å². The second kappa shape index (κ2) is 4.00. The molecule has 0 radical (unpaired) electrons. The number of aliphatic hydroxyl groups is 1. The first-order valence-corrected chi connectivity index (χ1v) is 3.45. The molecule has 1 heterocycles. The molecule has 1 atom stereocenters. The number of hydrogen-bond donors (Lipinski definition) is 2. The minimum absolute atomic E-state index is 0.0295. The van der Waals surface area contributed by atoms with Gasteiger partial charge >= 0.3 is 0 Å². The molecular formula is C7H11N3O. The van der Waals surface area contributed by atoms with Crippen molar-refractivity contribution in [3.05, 3.63) is 24.3 Å². The molecule has 0 unspecified atom stereocenters. The largest absolute Gasteiger partial charge is 0.395 e. The second-order valence-corrected chi connectivity index (χ2v) is 2.31. The number of aliphatic hydroxyl groups excluding tert-OH is 1. The van der Waals surface area contributed by atoms with Crippen molar-refractivity contribution in [1.29, 1.82) is 0 Å². The van der Waals surface area contributed by atoms with E-state index in [1.165, 1.54) is 0 Å². The first kappa shape index (κ1) is 8.10. The Bertz CT molecular complexity index is 202. The molecule has 0 aliphatic heterocycles. The molecule has 1 aromatic rings. The van der Waals surface area contributed by atoms with Crippen LogP contribution in [0.25, 0.3) is 0 Å². The number of aromatic nitrogens is 2. The average Bonchev–Trinajstić information content (AvgIpc) is 2.06. The van der Waals surface area contributed by atoms with Crippen molar-refractivity contribution >= 4 is 0 Å². The van der Waals surface area contributed by atoms with Gasteiger partial charge in [0.25, 0.3) is 0 Å². The number of nitrogens with zero attached hydrogens (tertiary/aromatic N) is 2. The molecule has 0 spiro atoms. The van der Waals surface area contributed by atoms with Crippen LogP contribution < -0.4 is 5.73 Å². The fourth-order valence-corrected chi connectivity index (χ4v) is 0.734. The van der Waals surface area contributed by atoms with Gasteiger partial charge in [0.05, 0.1) is 6.61 Å². The van der Waals surface area contributed by atoms with Gasteiger partial charge in [-0.15, -0.1) is 0 Å². The highest BCUT2D eigenvalue weighted by Crippen LogP contribution is 1.91. The topological polar surface area (TPSA) is 72.0 Å². The number of rotatable bonds is 3. The molecule has 1 aromatic heterocycles. The summed E-state index contributed by atoms with van der Waals surface area (Å²) in [7, 11) is 0. The third-order valence-electron chi connectivity index (χ3n) is 1.30. The zero-order chi connectivity index (χ0) is 8.10. The van der Waals surface area contributed by atoms with Crippen molar-refractivity contribution in [2.24, 2.45) is 5.73 Å². The van der Waals surface area contributed by atoms with Gasteiger partial charge in [-0.1, -0.05) is 0 Å². The van der Waals surface area contributed by atoms with Gasteiger partial charge in [0.2, 0.25) is 0 Å². The monoisotopic (exact) mass is 153 g/mol. The summed E-state index contributed by atoms with van der Waals surface area (Å²) in [5, 5.41) is 8.62. The zero-order valence-electron chi connectivity index (χ0n) is 6.14. The van der Waals surface area contributed by atoms with E-state index in [2.05, 4.69) is 9.97 Å². The minimum Gasteiger partial charge on any atom is -0.395 e. The van der Waals surface area contributed by atoms with E-state index in [-0.39, 0.29) is 12.6 Å². The molecule has 11 heavy (non-hydrogen) atoms. The van der Waals surface area contributed by atoms with E-state index < -0.39 is 0 Å². The Labute approximate surface area is 65.1 Å². The van der Waals surface area contributed by atoms with Gasteiger partial charge in [-0.25, -0.2) is 9.97 Å². The summed E-state index contributed by atoms with van der Waals surface area (Å²) in [6.45, 7) is -0.0295. The molecule has 0 aliphatic rings. The van der Waals surface area contributed by atoms with E-state index in [9.17, 15) is 0 Å². The highest BCUT2D eigenvalue weighted by Gasteiger charge is 2.02. The Hall–Kier alpha value is -1.00. The first-order chi connectivity index (χ1) is 5.33. The van der Waals surface area contributed by atoms with Crippen LogP contribution in [0.1, 0.15) is 5.82 Å². The van der Waals surface area contributed by atoms with Gasteiger partial charge in [0.15, 0.2) is 0 Å². The molecule has 4 nitrogen and oxygen atoms in total. The Morgan fingerprint density at radius 3 is 2.64 bits per heavy atom. The first-order valence-electron chi connectivity index (χ1n) is 3.45. The summed E-state index contributed by atoms with van der Waals surface area (Å²) in [5.41, 5.74) is 5.47. The summed E-state index contributed by atoms with van der Waals surface area (Å²) in [5.74, 6) is 0.675. The van der Waals surface area contributed by atoms with Gasteiger partial charge < -0.3 is 10.8 Å². The van der Waals surface area contributed by atoms with Crippen LogP contribution in [-0.2, 0) is 6.42 Å². The normalized spacial score (nSPS) is 12.9. The van der Waals surface area contributed by atoms with Crippen molar-refractivity contribution in [2.75, 3.05) is 6.61 Å². The van der Waals surface area contributed by atoms with E-state index >= 15 is 0 Å². The van der Waals surface area contributed by atoms with E-state index in [0.29, 0.717) is 12.2 Å². The van der Waals surface area contributed by atoms with Gasteiger partial charge in [0, 0.05) is 24.9 Å². The smallest absolute Gasteiger partial charge is 0.129 e. The lowest BCUT2D eigenvalue weighted by Gasteiger charge is -2.04. The highest BCUT2D eigenvalue weighted by atomic mass is 16.3. The predicted octanol–water partition coefficient (Wildman–Crippen LogP) is -0.661. The van der Waals surface area contributed by atoms with Gasteiger partial charge in [-0.05, 0) is 6.07 Å². The van der Waals surface area contributed by atoms with Crippen LogP contribution in [0.2, 0.25) is 0 Å². The molecule has 0 saturated carbocycles. The van der Waals surface area contributed by atoms with Crippen LogP contribution >= 0.6 is 0 Å². The van der Waals surface area contributed by atoms with E-state index in [1.54, 1.807) is 18.5 Å². The van der Waals surface area contributed by atoms with Gasteiger partial charge in [0.1, 0.15) is 5.82 Å². The Balaban J connectivity index is 2.51. The van der Waals surface area contributed by atoms with Crippen LogP contribution in [0.5, 0.6) is 0 Å². The van der Waals surface area contributed by atoms with Crippen LogP contribution in [0.4, 0.5) is 0 Å². The zero-order valence-corrected chi connectivity index (χ0v) is 6.14. The molecule has 0 amide bonds. The molecule has 0 saturated heterocycles. The third-order valence-corrected chi connectivity index (χ3v) is 1.30. The third kappa shape index (κ3) is 2.61. The molecule has 3 N–H and O–H groups in total. The van der Waals surface area contributed by atoms with Crippen molar-refractivity contribution in [2.45, 2.75) is 12.5 Å². The molecule has 0 aliphatic carbocycles. The number of hydrogen-bond acceptors (Lipinski definition) is 4. The lowest BCUT2D eigenvalue weighted by atomic mass is 10.2. The lowest BCUT2D eigenvalue weighted by molar-refractivity contribution is 0.264. The maximum atomic E-state index is 8.62. The number of nitrogens with two attached hydrogens (primary N) is 1. The maximum Gasteiger partial charge on any atom is 0.129 e. The molecule has 4 heteroatoms. The SMILES string of the molecule is N[C@@H](CO)Cc1ncccn1. The van der Waals surface area contributed by atoms with Gasteiger partial charge in [-0.3, -0.25) is 0 Å². The molecule has 0 bridgehead atoms. The average molecular weight is 153 g/mol. The summed E-state index contributed by atoms with van der Waals surface area (Å²) >= 11 is 0. The van der Waals surface area contributed by atoms with E-state index in [1.807, 2.05) is 0 Å². The fraction of sp³-hybridized carbons (Fsp3) is 0.429. The summed E-state index contributed by atoms with van der Waals surface area (Å²) in [6, 6.07) is 1.49. The maximum absolute atomic E-state index is 8.62. The lowest BCUT2D eigenvalue weighted by Crippen LogP contribution is -2.27. The Morgan fingerprint density at radius 2 is 2.09 bits per heavy atom. The summed E-state index contributed by atoms with van der Waals surface area (Å²) in [6.07, 6.45) is 3.84. The van der Waals surface area contributed by atoms with Crippen LogP contribution in [-0.4, -0.2) is 27.7 Å². The fourth-order valence-electron chi connectivity index (χ4n) is 0.734. The Morgan fingerprint density at radius 1 is 1.45 bits per heavy atom. The van der Waals surface area contributed by atoms with Crippen LogP contribution in [0.15, 0.2) is 18.5 Å². The van der Waals surface area contributed by atoms with Crippen molar-refractivity contribution in [3.63, 3.8) is 0 Å². The van der Waals surface area contributed by atoms with E-state index in [0.717, 1.165) is 0 Å².